The van der Waals surface area contributed by atoms with Gasteiger partial charge in [0.1, 0.15) is 5.75 Å². The summed E-state index contributed by atoms with van der Waals surface area (Å²) in [4.78, 5) is 12.5. The van der Waals surface area contributed by atoms with E-state index in [-0.39, 0.29) is 17.2 Å². The molecule has 2 atom stereocenters. The van der Waals surface area contributed by atoms with Gasteiger partial charge in [0.15, 0.2) is 0 Å². The Balaban J connectivity index is 1.93. The van der Waals surface area contributed by atoms with Crippen molar-refractivity contribution in [2.45, 2.75) is 24.1 Å². The summed E-state index contributed by atoms with van der Waals surface area (Å²) >= 11 is 9.39. The summed E-state index contributed by atoms with van der Waals surface area (Å²) in [5.74, 6) is 0.203. The number of nitrogens with one attached hydrogen (secondary N) is 1. The quantitative estimate of drug-likeness (QED) is 0.834. The van der Waals surface area contributed by atoms with Crippen molar-refractivity contribution >= 4 is 33.4 Å². The average molecular weight is 333 g/mol. The molecule has 0 aliphatic heterocycles. The van der Waals surface area contributed by atoms with E-state index in [0.717, 1.165) is 19.3 Å². The van der Waals surface area contributed by atoms with Gasteiger partial charge in [0, 0.05) is 16.4 Å². The maximum Gasteiger partial charge on any atom is 0.255 e. The molecule has 1 aliphatic carbocycles. The van der Waals surface area contributed by atoms with Crippen LogP contribution < -0.4 is 5.32 Å². The van der Waals surface area contributed by atoms with Crippen molar-refractivity contribution in [1.82, 2.24) is 5.32 Å². The summed E-state index contributed by atoms with van der Waals surface area (Å²) in [7, 11) is 0. The Morgan fingerprint density at radius 3 is 2.94 bits per heavy atom. The number of hydrogen-bond donors (Lipinski definition) is 2. The molecule has 1 saturated carbocycles. The second-order valence-corrected chi connectivity index (χ2v) is 6.38. The van der Waals surface area contributed by atoms with Crippen LogP contribution in [0.5, 0.6) is 5.75 Å². The highest BCUT2D eigenvalue weighted by molar-refractivity contribution is 9.09. The molecule has 3 nitrogen and oxygen atoms in total. The number of carbonyl (C=O) groups excluding carboxylic acids is 1. The highest BCUT2D eigenvalue weighted by atomic mass is 79.9. The Labute approximate surface area is 120 Å². The zero-order valence-electron chi connectivity index (χ0n) is 9.83. The molecule has 1 aromatic rings. The number of alkyl halides is 1. The number of rotatable bonds is 3. The maximum atomic E-state index is 11.9. The molecule has 1 aromatic carbocycles. The van der Waals surface area contributed by atoms with Crippen LogP contribution in [0.3, 0.4) is 0 Å². The minimum atomic E-state index is -0.270. The molecule has 2 rings (SSSR count). The molecule has 0 aromatic heterocycles. The molecule has 0 spiro atoms. The summed E-state index contributed by atoms with van der Waals surface area (Å²) < 4.78 is 0. The largest absolute Gasteiger partial charge is 0.507 e. The number of halogens is 2. The van der Waals surface area contributed by atoms with Gasteiger partial charge in [-0.25, -0.2) is 0 Å². The lowest BCUT2D eigenvalue weighted by Crippen LogP contribution is -2.28. The van der Waals surface area contributed by atoms with Crippen LogP contribution in [0.4, 0.5) is 0 Å². The molecule has 2 unspecified atom stereocenters. The lowest BCUT2D eigenvalue weighted by molar-refractivity contribution is 0.0945. The Kier molecular flexibility index (Phi) is 4.51. The molecule has 1 amide bonds. The monoisotopic (exact) mass is 331 g/mol. The van der Waals surface area contributed by atoms with Crippen LogP contribution in [0.15, 0.2) is 18.2 Å². The van der Waals surface area contributed by atoms with E-state index in [1.807, 2.05) is 0 Å². The van der Waals surface area contributed by atoms with Crippen LogP contribution in [0.25, 0.3) is 0 Å². The van der Waals surface area contributed by atoms with Gasteiger partial charge in [-0.3, -0.25) is 4.79 Å². The van der Waals surface area contributed by atoms with E-state index in [4.69, 9.17) is 11.6 Å². The molecule has 98 valence electrons. The molecule has 2 N–H and O–H groups in total. The van der Waals surface area contributed by atoms with Crippen LogP contribution in [0, 0.1) is 5.92 Å². The van der Waals surface area contributed by atoms with Crippen LogP contribution in [0.1, 0.15) is 29.6 Å². The van der Waals surface area contributed by atoms with Crippen molar-refractivity contribution in [1.29, 1.82) is 0 Å². The SMILES string of the molecule is O=C(NCC1CCC(Br)C1)c1cc(Cl)ccc1O. The van der Waals surface area contributed by atoms with Crippen LogP contribution in [0.2, 0.25) is 5.02 Å². The van der Waals surface area contributed by atoms with E-state index in [9.17, 15) is 9.90 Å². The molecule has 1 aliphatic rings. The van der Waals surface area contributed by atoms with Gasteiger partial charge in [0.05, 0.1) is 5.56 Å². The summed E-state index contributed by atoms with van der Waals surface area (Å²) in [5, 5.41) is 12.9. The van der Waals surface area contributed by atoms with Crippen molar-refractivity contribution in [3.63, 3.8) is 0 Å². The Morgan fingerprint density at radius 1 is 1.50 bits per heavy atom. The lowest BCUT2D eigenvalue weighted by atomic mass is 10.1. The highest BCUT2D eigenvalue weighted by Gasteiger charge is 2.23. The van der Waals surface area contributed by atoms with Gasteiger partial charge in [-0.1, -0.05) is 27.5 Å². The molecule has 0 radical (unpaired) electrons. The van der Waals surface area contributed by atoms with Gasteiger partial charge >= 0.3 is 0 Å². The zero-order valence-corrected chi connectivity index (χ0v) is 12.2. The minimum absolute atomic E-state index is 0.0401. The zero-order chi connectivity index (χ0) is 13.1. The fourth-order valence-corrected chi connectivity index (χ4v) is 3.19. The number of benzene rings is 1. The normalized spacial score (nSPS) is 23.0. The third-order valence-corrected chi connectivity index (χ3v) is 4.30. The van der Waals surface area contributed by atoms with Gasteiger partial charge in [0.25, 0.3) is 5.91 Å². The molecule has 1 fully saturated rings. The number of amides is 1. The van der Waals surface area contributed by atoms with Gasteiger partial charge in [-0.2, -0.15) is 0 Å². The smallest absolute Gasteiger partial charge is 0.255 e. The second-order valence-electron chi connectivity index (χ2n) is 4.65. The van der Waals surface area contributed by atoms with Crippen LogP contribution in [-0.2, 0) is 0 Å². The number of carbonyl (C=O) groups is 1. The fraction of sp³-hybridized carbons (Fsp3) is 0.462. The predicted octanol–water partition coefficient (Wildman–Crippen LogP) is 3.34. The Morgan fingerprint density at radius 2 is 2.28 bits per heavy atom. The fourth-order valence-electron chi connectivity index (χ4n) is 2.22. The van der Waals surface area contributed by atoms with Crippen LogP contribution in [-0.4, -0.2) is 22.4 Å². The number of hydrogen-bond acceptors (Lipinski definition) is 2. The van der Waals surface area contributed by atoms with E-state index in [0.29, 0.717) is 22.3 Å². The average Bonchev–Trinajstić information content (AvgIpc) is 2.75. The summed E-state index contributed by atoms with van der Waals surface area (Å²) in [5.41, 5.74) is 0.232. The van der Waals surface area contributed by atoms with Gasteiger partial charge < -0.3 is 10.4 Å². The van der Waals surface area contributed by atoms with E-state index in [1.54, 1.807) is 6.07 Å². The minimum Gasteiger partial charge on any atom is -0.507 e. The molecular formula is C13H15BrClNO2. The number of phenolic OH excluding ortho intramolecular Hbond substituents is 1. The first kappa shape index (κ1) is 13.7. The second kappa shape index (κ2) is 5.93. The maximum absolute atomic E-state index is 11.9. The van der Waals surface area contributed by atoms with Crippen molar-refractivity contribution < 1.29 is 9.90 Å². The van der Waals surface area contributed by atoms with Crippen molar-refractivity contribution in [2.24, 2.45) is 5.92 Å². The van der Waals surface area contributed by atoms with Crippen LogP contribution >= 0.6 is 27.5 Å². The Hall–Kier alpha value is -0.740. The summed E-state index contributed by atoms with van der Waals surface area (Å²) in [6, 6.07) is 4.47. The standard InChI is InChI=1S/C13H15BrClNO2/c14-9-2-1-8(5-9)7-16-13(18)11-6-10(15)3-4-12(11)17/h3-4,6,8-9,17H,1-2,5,7H2,(H,16,18). The molecule has 18 heavy (non-hydrogen) atoms. The molecule has 0 saturated heterocycles. The first-order chi connectivity index (χ1) is 8.56. The van der Waals surface area contributed by atoms with Crippen molar-refractivity contribution in [2.75, 3.05) is 6.54 Å². The first-order valence-corrected chi connectivity index (χ1v) is 7.26. The summed E-state index contributed by atoms with van der Waals surface area (Å²) in [6.07, 6.45) is 3.36. The van der Waals surface area contributed by atoms with E-state index >= 15 is 0 Å². The Bertz CT molecular complexity index is 453. The third kappa shape index (κ3) is 3.39. The van der Waals surface area contributed by atoms with Crippen molar-refractivity contribution in [3.05, 3.63) is 28.8 Å². The molecule has 5 heteroatoms. The molecule has 0 bridgehead atoms. The third-order valence-electron chi connectivity index (χ3n) is 3.23. The summed E-state index contributed by atoms with van der Waals surface area (Å²) in [6.45, 7) is 0.646. The number of phenols is 1. The molecular weight excluding hydrogens is 318 g/mol. The van der Waals surface area contributed by atoms with Gasteiger partial charge in [-0.05, 0) is 43.4 Å². The highest BCUT2D eigenvalue weighted by Crippen LogP contribution is 2.30. The van der Waals surface area contributed by atoms with E-state index in [1.165, 1.54) is 12.1 Å². The predicted molar refractivity (Wildman–Crippen MR) is 75.5 cm³/mol. The van der Waals surface area contributed by atoms with Crippen molar-refractivity contribution in [3.8, 4) is 5.75 Å². The topological polar surface area (TPSA) is 49.3 Å². The molecule has 0 heterocycles. The lowest BCUT2D eigenvalue weighted by Gasteiger charge is -2.11. The first-order valence-electron chi connectivity index (χ1n) is 5.97. The van der Waals surface area contributed by atoms with E-state index < -0.39 is 0 Å². The van der Waals surface area contributed by atoms with Gasteiger partial charge in [0.2, 0.25) is 0 Å². The number of aromatic hydroxyl groups is 1. The van der Waals surface area contributed by atoms with Gasteiger partial charge in [-0.15, -0.1) is 0 Å². The van der Waals surface area contributed by atoms with E-state index in [2.05, 4.69) is 21.2 Å².